The number of nitrogens with zero attached hydrogens (tertiary/aromatic N) is 4. The minimum atomic E-state index is -0.0990. The quantitative estimate of drug-likeness (QED) is 0.497. The smallest absolute Gasteiger partial charge is 0.251 e. The molecule has 6 heteroatoms. The number of pyridine rings is 1. The molecule has 6 nitrogen and oxygen atoms in total. The minimum Gasteiger partial charge on any atom is -0.355 e. The van der Waals surface area contributed by atoms with Crippen molar-refractivity contribution in [3.8, 4) is 28.1 Å². The fourth-order valence-electron chi connectivity index (χ4n) is 3.59. The number of fused-ring (bicyclic) bond motifs is 1. The van der Waals surface area contributed by atoms with Gasteiger partial charge in [-0.25, -0.2) is 9.67 Å². The normalized spacial score (nSPS) is 11.0. The fraction of sp³-hybridized carbons (Fsp3) is 0.0417. The highest BCUT2D eigenvalue weighted by Crippen LogP contribution is 2.27. The summed E-state index contributed by atoms with van der Waals surface area (Å²) in [4.78, 5) is 16.6. The van der Waals surface area contributed by atoms with Crippen LogP contribution in [0.3, 0.4) is 0 Å². The van der Waals surface area contributed by atoms with Gasteiger partial charge in [0, 0.05) is 36.8 Å². The molecule has 0 radical (unpaired) electrons. The number of nitrogens with one attached hydrogen (secondary N) is 1. The zero-order chi connectivity index (χ0) is 20.5. The lowest BCUT2D eigenvalue weighted by atomic mass is 10.0. The third kappa shape index (κ3) is 3.14. The summed E-state index contributed by atoms with van der Waals surface area (Å²) in [6.45, 7) is 0. The Bertz CT molecular complexity index is 1350. The molecule has 0 unspecified atom stereocenters. The molecule has 1 amide bonds. The number of hydrogen-bond donors (Lipinski definition) is 1. The van der Waals surface area contributed by atoms with Gasteiger partial charge in [0.2, 0.25) is 0 Å². The zero-order valence-electron chi connectivity index (χ0n) is 16.4. The molecular formula is C24H19N5O. The number of aromatic nitrogens is 4. The Hall–Kier alpha value is -4.19. The maximum atomic E-state index is 11.9. The Balaban J connectivity index is 1.54. The molecule has 5 rings (SSSR count). The molecule has 0 saturated heterocycles. The predicted octanol–water partition coefficient (Wildman–Crippen LogP) is 4.21. The summed E-state index contributed by atoms with van der Waals surface area (Å²) >= 11 is 0. The van der Waals surface area contributed by atoms with Crippen molar-refractivity contribution in [2.75, 3.05) is 7.05 Å². The van der Waals surface area contributed by atoms with Crippen LogP contribution in [0.5, 0.6) is 0 Å². The summed E-state index contributed by atoms with van der Waals surface area (Å²) in [7, 11) is 1.63. The molecule has 0 saturated carbocycles. The lowest BCUT2D eigenvalue weighted by Crippen LogP contribution is -2.17. The van der Waals surface area contributed by atoms with E-state index in [1.165, 1.54) is 0 Å². The second-order valence-electron chi connectivity index (χ2n) is 6.95. The number of benzene rings is 2. The Morgan fingerprint density at radius 1 is 0.900 bits per heavy atom. The van der Waals surface area contributed by atoms with E-state index in [-0.39, 0.29) is 5.91 Å². The SMILES string of the molecule is CNC(=O)c1cccc(-c2ccn3c(-c4cccc(-n5cccn5)c4)cnc3c2)c1. The van der Waals surface area contributed by atoms with Gasteiger partial charge in [-0.1, -0.05) is 24.3 Å². The molecule has 0 aliphatic carbocycles. The monoisotopic (exact) mass is 393 g/mol. The van der Waals surface area contributed by atoms with Gasteiger partial charge in [-0.05, 0) is 53.6 Å². The molecule has 0 aliphatic heterocycles. The predicted molar refractivity (Wildman–Crippen MR) is 117 cm³/mol. The average Bonchev–Trinajstić information content (AvgIpc) is 3.48. The summed E-state index contributed by atoms with van der Waals surface area (Å²) in [5.41, 5.74) is 6.52. The van der Waals surface area contributed by atoms with Crippen LogP contribution < -0.4 is 5.32 Å². The van der Waals surface area contributed by atoms with E-state index in [2.05, 4.69) is 31.9 Å². The van der Waals surface area contributed by atoms with Crippen molar-refractivity contribution in [3.05, 3.63) is 97.1 Å². The lowest BCUT2D eigenvalue weighted by molar-refractivity contribution is 0.0963. The molecule has 0 fully saturated rings. The number of imidazole rings is 1. The van der Waals surface area contributed by atoms with Crippen LogP contribution >= 0.6 is 0 Å². The van der Waals surface area contributed by atoms with Crippen molar-refractivity contribution in [3.63, 3.8) is 0 Å². The van der Waals surface area contributed by atoms with Gasteiger partial charge >= 0.3 is 0 Å². The fourth-order valence-corrected chi connectivity index (χ4v) is 3.59. The van der Waals surface area contributed by atoms with E-state index in [1.807, 2.05) is 71.8 Å². The van der Waals surface area contributed by atoms with Crippen molar-refractivity contribution >= 4 is 11.6 Å². The average molecular weight is 393 g/mol. The van der Waals surface area contributed by atoms with E-state index in [1.54, 1.807) is 19.3 Å². The van der Waals surface area contributed by atoms with Crippen molar-refractivity contribution in [1.29, 1.82) is 0 Å². The summed E-state index contributed by atoms with van der Waals surface area (Å²) in [6, 6.07) is 21.8. The topological polar surface area (TPSA) is 64.2 Å². The summed E-state index contributed by atoms with van der Waals surface area (Å²) in [5.74, 6) is -0.0990. The van der Waals surface area contributed by atoms with E-state index < -0.39 is 0 Å². The molecule has 0 spiro atoms. The van der Waals surface area contributed by atoms with Crippen LogP contribution in [-0.4, -0.2) is 32.1 Å². The van der Waals surface area contributed by atoms with Crippen LogP contribution in [0.2, 0.25) is 0 Å². The molecule has 3 aromatic heterocycles. The van der Waals surface area contributed by atoms with Crippen LogP contribution in [0, 0.1) is 0 Å². The van der Waals surface area contributed by atoms with E-state index in [9.17, 15) is 4.79 Å². The Morgan fingerprint density at radius 2 is 1.73 bits per heavy atom. The van der Waals surface area contributed by atoms with Gasteiger partial charge in [0.15, 0.2) is 0 Å². The lowest BCUT2D eigenvalue weighted by Gasteiger charge is -2.08. The van der Waals surface area contributed by atoms with Gasteiger partial charge in [-0.3, -0.25) is 9.20 Å². The first-order chi connectivity index (χ1) is 14.7. The van der Waals surface area contributed by atoms with Gasteiger partial charge in [0.1, 0.15) is 5.65 Å². The zero-order valence-corrected chi connectivity index (χ0v) is 16.4. The van der Waals surface area contributed by atoms with E-state index in [0.29, 0.717) is 5.56 Å². The molecule has 2 aromatic carbocycles. The van der Waals surface area contributed by atoms with Crippen molar-refractivity contribution in [2.45, 2.75) is 0 Å². The second kappa shape index (κ2) is 7.33. The number of carbonyl (C=O) groups excluding carboxylic acids is 1. The van der Waals surface area contributed by atoms with E-state index >= 15 is 0 Å². The van der Waals surface area contributed by atoms with Gasteiger partial charge in [-0.15, -0.1) is 0 Å². The molecular weight excluding hydrogens is 374 g/mol. The van der Waals surface area contributed by atoms with Crippen LogP contribution in [-0.2, 0) is 0 Å². The molecule has 0 bridgehead atoms. The van der Waals surface area contributed by atoms with Crippen LogP contribution in [0.1, 0.15) is 10.4 Å². The minimum absolute atomic E-state index is 0.0990. The largest absolute Gasteiger partial charge is 0.355 e. The van der Waals surface area contributed by atoms with Crippen LogP contribution in [0.15, 0.2) is 91.5 Å². The van der Waals surface area contributed by atoms with Crippen molar-refractivity contribution < 1.29 is 4.79 Å². The van der Waals surface area contributed by atoms with Crippen LogP contribution in [0.25, 0.3) is 33.7 Å². The van der Waals surface area contributed by atoms with Gasteiger partial charge in [0.25, 0.3) is 5.91 Å². The van der Waals surface area contributed by atoms with Crippen molar-refractivity contribution in [1.82, 2.24) is 24.5 Å². The van der Waals surface area contributed by atoms with Crippen LogP contribution in [0.4, 0.5) is 0 Å². The van der Waals surface area contributed by atoms with Gasteiger partial charge in [0.05, 0.1) is 17.6 Å². The molecule has 0 atom stereocenters. The Labute approximate surface area is 173 Å². The third-order valence-corrected chi connectivity index (χ3v) is 5.11. The highest BCUT2D eigenvalue weighted by Gasteiger charge is 2.10. The highest BCUT2D eigenvalue weighted by atomic mass is 16.1. The maximum Gasteiger partial charge on any atom is 0.251 e. The first kappa shape index (κ1) is 17.9. The van der Waals surface area contributed by atoms with Gasteiger partial charge < -0.3 is 5.32 Å². The first-order valence-electron chi connectivity index (χ1n) is 9.63. The van der Waals surface area contributed by atoms with E-state index in [4.69, 9.17) is 0 Å². The maximum absolute atomic E-state index is 11.9. The standard InChI is InChI=1S/C24H19N5O/c1-25-24(30)20-7-2-5-17(13-20)18-9-12-28-22(16-26-23(28)15-18)19-6-3-8-21(14-19)29-11-4-10-27-29/h2-16H,1H3,(H,25,30). The summed E-state index contributed by atoms with van der Waals surface area (Å²) in [6.07, 6.45) is 7.58. The summed E-state index contributed by atoms with van der Waals surface area (Å²) in [5, 5.41) is 6.97. The Morgan fingerprint density at radius 3 is 2.57 bits per heavy atom. The molecule has 146 valence electrons. The molecule has 3 heterocycles. The highest BCUT2D eigenvalue weighted by molar-refractivity contribution is 5.95. The van der Waals surface area contributed by atoms with Gasteiger partial charge in [-0.2, -0.15) is 5.10 Å². The molecule has 1 N–H and O–H groups in total. The first-order valence-corrected chi connectivity index (χ1v) is 9.63. The second-order valence-corrected chi connectivity index (χ2v) is 6.95. The van der Waals surface area contributed by atoms with E-state index in [0.717, 1.165) is 33.7 Å². The number of carbonyl (C=O) groups is 1. The van der Waals surface area contributed by atoms with Crippen molar-refractivity contribution in [2.24, 2.45) is 0 Å². The molecule has 0 aliphatic rings. The Kier molecular flexibility index (Phi) is 4.37. The number of rotatable bonds is 4. The molecule has 30 heavy (non-hydrogen) atoms. The number of hydrogen-bond acceptors (Lipinski definition) is 3. The number of amides is 1. The molecule has 5 aromatic rings. The third-order valence-electron chi connectivity index (χ3n) is 5.11. The summed E-state index contributed by atoms with van der Waals surface area (Å²) < 4.78 is 3.90.